The first-order valence-corrected chi connectivity index (χ1v) is 9.29. The summed E-state index contributed by atoms with van der Waals surface area (Å²) in [6.45, 7) is 2.53. The number of aromatic nitrogens is 4. The lowest BCUT2D eigenvalue weighted by molar-refractivity contribution is -0.128. The van der Waals surface area contributed by atoms with Gasteiger partial charge >= 0.3 is 0 Å². The topological polar surface area (TPSA) is 117 Å². The van der Waals surface area contributed by atoms with Crippen LogP contribution in [0.3, 0.4) is 0 Å². The summed E-state index contributed by atoms with van der Waals surface area (Å²) < 4.78 is 1.55. The van der Waals surface area contributed by atoms with Gasteiger partial charge in [-0.1, -0.05) is 6.07 Å². The van der Waals surface area contributed by atoms with Crippen molar-refractivity contribution >= 4 is 34.9 Å². The molecule has 10 heteroatoms. The Kier molecular flexibility index (Phi) is 4.75. The summed E-state index contributed by atoms with van der Waals surface area (Å²) >= 11 is 0. The first-order valence-electron chi connectivity index (χ1n) is 9.29. The Morgan fingerprint density at radius 1 is 1.24 bits per heavy atom. The number of hydrogen-bond donors (Lipinski definition) is 3. The number of carbonyl (C=O) groups excluding carboxylic acids is 2. The first kappa shape index (κ1) is 18.7. The van der Waals surface area contributed by atoms with Gasteiger partial charge in [0.05, 0.1) is 6.20 Å². The maximum Gasteiger partial charge on any atom is 0.257 e. The van der Waals surface area contributed by atoms with E-state index in [2.05, 4.69) is 31.0 Å². The number of anilines is 3. The van der Waals surface area contributed by atoms with Crippen molar-refractivity contribution < 1.29 is 9.59 Å². The maximum absolute atomic E-state index is 12.8. The molecule has 2 amide bonds. The number of fused-ring (bicyclic) bond motifs is 1. The highest BCUT2D eigenvalue weighted by molar-refractivity contribution is 6.02. The molecule has 0 bridgehead atoms. The van der Waals surface area contributed by atoms with E-state index in [4.69, 9.17) is 0 Å². The molecule has 29 heavy (non-hydrogen) atoms. The van der Waals surface area contributed by atoms with Crippen LogP contribution in [0.4, 0.5) is 17.5 Å². The number of hydrogen-bond acceptors (Lipinski definition) is 7. The van der Waals surface area contributed by atoms with Crippen LogP contribution in [0.15, 0.2) is 30.5 Å². The average molecular weight is 394 g/mol. The van der Waals surface area contributed by atoms with Crippen LogP contribution in [0.25, 0.3) is 5.65 Å². The van der Waals surface area contributed by atoms with Crippen molar-refractivity contribution in [3.05, 3.63) is 41.7 Å². The van der Waals surface area contributed by atoms with Gasteiger partial charge in [-0.05, 0) is 25.5 Å². The summed E-state index contributed by atoms with van der Waals surface area (Å²) in [4.78, 5) is 35.5. The van der Waals surface area contributed by atoms with Gasteiger partial charge < -0.3 is 20.9 Å². The number of carbonyl (C=O) groups is 2. The van der Waals surface area contributed by atoms with Gasteiger partial charge in [-0.3, -0.25) is 9.59 Å². The number of pyridine rings is 1. The van der Waals surface area contributed by atoms with E-state index >= 15 is 0 Å². The lowest BCUT2D eigenvalue weighted by Gasteiger charge is -2.12. The number of nitrogens with zero attached hydrogens (tertiary/aromatic N) is 5. The first-order chi connectivity index (χ1) is 14.0. The minimum Gasteiger partial charge on any atom is -0.373 e. The highest BCUT2D eigenvalue weighted by Gasteiger charge is 2.31. The van der Waals surface area contributed by atoms with Crippen molar-refractivity contribution in [2.45, 2.75) is 19.4 Å². The molecule has 0 saturated carbocycles. The fourth-order valence-corrected chi connectivity index (χ4v) is 3.30. The molecule has 4 heterocycles. The molecular weight excluding hydrogens is 372 g/mol. The third kappa shape index (κ3) is 3.56. The number of aryl methyl sites for hydroxylation is 1. The summed E-state index contributed by atoms with van der Waals surface area (Å²) in [5.41, 5.74) is 1.55. The lowest BCUT2D eigenvalue weighted by atomic mass is 10.2. The summed E-state index contributed by atoms with van der Waals surface area (Å²) in [6, 6.07) is 6.90. The van der Waals surface area contributed by atoms with Crippen LogP contribution in [0.5, 0.6) is 0 Å². The molecule has 0 unspecified atom stereocenters. The van der Waals surface area contributed by atoms with Crippen LogP contribution in [-0.2, 0) is 4.79 Å². The minimum atomic E-state index is -0.524. The number of likely N-dealkylation sites (tertiary alicyclic amines) is 1. The zero-order valence-corrected chi connectivity index (χ0v) is 16.4. The molecule has 1 saturated heterocycles. The quantitative estimate of drug-likeness (QED) is 0.595. The molecule has 1 atom stereocenters. The second-order valence-electron chi connectivity index (χ2n) is 6.93. The predicted molar refractivity (Wildman–Crippen MR) is 108 cm³/mol. The van der Waals surface area contributed by atoms with E-state index < -0.39 is 6.04 Å². The number of amides is 2. The van der Waals surface area contributed by atoms with Crippen molar-refractivity contribution in [3.63, 3.8) is 0 Å². The van der Waals surface area contributed by atoms with E-state index in [0.29, 0.717) is 41.6 Å². The molecule has 150 valence electrons. The van der Waals surface area contributed by atoms with E-state index in [9.17, 15) is 9.59 Å². The summed E-state index contributed by atoms with van der Waals surface area (Å²) in [5, 5.41) is 13.3. The Bertz CT molecular complexity index is 1090. The second kappa shape index (κ2) is 7.38. The van der Waals surface area contributed by atoms with E-state index in [-0.39, 0.29) is 11.8 Å². The van der Waals surface area contributed by atoms with Gasteiger partial charge in [0.2, 0.25) is 5.91 Å². The van der Waals surface area contributed by atoms with Gasteiger partial charge in [0.1, 0.15) is 29.1 Å². The van der Waals surface area contributed by atoms with Crippen molar-refractivity contribution in [2.75, 3.05) is 31.3 Å². The summed E-state index contributed by atoms with van der Waals surface area (Å²) in [7, 11) is 3.49. The Morgan fingerprint density at radius 2 is 2.07 bits per heavy atom. The van der Waals surface area contributed by atoms with Crippen LogP contribution in [0, 0.1) is 6.92 Å². The van der Waals surface area contributed by atoms with Crippen molar-refractivity contribution in [2.24, 2.45) is 0 Å². The Labute approximate surface area is 167 Å². The predicted octanol–water partition coefficient (Wildman–Crippen LogP) is 1.18. The number of likely N-dealkylation sites (N-methyl/N-ethyl adjacent to an activating group) is 1. The Balaban J connectivity index is 1.66. The molecule has 0 radical (unpaired) electrons. The van der Waals surface area contributed by atoms with Crippen LogP contribution in [-0.4, -0.2) is 63.0 Å². The lowest BCUT2D eigenvalue weighted by Crippen LogP contribution is -2.40. The second-order valence-corrected chi connectivity index (χ2v) is 6.93. The molecule has 1 aliphatic rings. The van der Waals surface area contributed by atoms with E-state index in [1.165, 1.54) is 6.20 Å². The van der Waals surface area contributed by atoms with Crippen LogP contribution < -0.4 is 16.0 Å². The van der Waals surface area contributed by atoms with Crippen molar-refractivity contribution in [3.8, 4) is 0 Å². The summed E-state index contributed by atoms with van der Waals surface area (Å²) in [5.74, 6) is 1.35. The highest BCUT2D eigenvalue weighted by atomic mass is 16.2. The molecule has 0 aliphatic carbocycles. The van der Waals surface area contributed by atoms with E-state index in [1.807, 2.05) is 25.1 Å². The van der Waals surface area contributed by atoms with Gasteiger partial charge in [-0.25, -0.2) is 9.97 Å². The van der Waals surface area contributed by atoms with Crippen LogP contribution in [0.1, 0.15) is 22.5 Å². The van der Waals surface area contributed by atoms with Gasteiger partial charge in [0, 0.05) is 32.4 Å². The van der Waals surface area contributed by atoms with Gasteiger partial charge in [0.25, 0.3) is 5.91 Å². The standard InChI is InChI=1S/C19H22N8O2/c1-11-5-4-6-14(22-11)24-15-9-16(20-2)27-17(25-15)12(10-21-27)18(28)23-13-7-8-26(3)19(13)29/h4-6,9-10,13,20H,7-8H2,1-3H3,(H,23,28)(H,22,24,25)/t13-/m0/s1. The Hall–Kier alpha value is -3.69. The molecule has 3 aromatic rings. The van der Waals surface area contributed by atoms with E-state index in [1.54, 1.807) is 29.6 Å². The molecule has 3 aromatic heterocycles. The third-order valence-corrected chi connectivity index (χ3v) is 4.85. The molecule has 1 aliphatic heterocycles. The van der Waals surface area contributed by atoms with Gasteiger partial charge in [-0.15, -0.1) is 0 Å². The normalized spacial score (nSPS) is 16.3. The third-order valence-electron chi connectivity index (χ3n) is 4.85. The zero-order chi connectivity index (χ0) is 20.5. The van der Waals surface area contributed by atoms with Crippen molar-refractivity contribution in [1.82, 2.24) is 29.8 Å². The molecule has 4 rings (SSSR count). The average Bonchev–Trinajstić information content (AvgIpc) is 3.26. The van der Waals surface area contributed by atoms with Gasteiger partial charge in [-0.2, -0.15) is 9.61 Å². The Morgan fingerprint density at radius 3 is 2.76 bits per heavy atom. The van der Waals surface area contributed by atoms with Crippen LogP contribution >= 0.6 is 0 Å². The fraction of sp³-hybridized carbons (Fsp3) is 0.316. The molecule has 10 nitrogen and oxygen atoms in total. The van der Waals surface area contributed by atoms with Crippen molar-refractivity contribution in [1.29, 1.82) is 0 Å². The number of nitrogens with one attached hydrogen (secondary N) is 3. The fourth-order valence-electron chi connectivity index (χ4n) is 3.30. The van der Waals surface area contributed by atoms with E-state index in [0.717, 1.165) is 5.69 Å². The largest absolute Gasteiger partial charge is 0.373 e. The number of rotatable bonds is 5. The van der Waals surface area contributed by atoms with Gasteiger partial charge in [0.15, 0.2) is 5.65 Å². The smallest absolute Gasteiger partial charge is 0.257 e. The highest BCUT2D eigenvalue weighted by Crippen LogP contribution is 2.21. The maximum atomic E-state index is 12.8. The SMILES string of the molecule is CNc1cc(Nc2cccc(C)n2)nc2c(C(=O)N[C@H]3CCN(C)C3=O)cnn12. The zero-order valence-electron chi connectivity index (χ0n) is 16.4. The molecule has 0 aromatic carbocycles. The minimum absolute atomic E-state index is 0.0911. The molecular formula is C19H22N8O2. The molecule has 1 fully saturated rings. The molecule has 3 N–H and O–H groups in total. The monoisotopic (exact) mass is 394 g/mol. The van der Waals surface area contributed by atoms with Crippen LogP contribution in [0.2, 0.25) is 0 Å². The summed E-state index contributed by atoms with van der Waals surface area (Å²) in [6.07, 6.45) is 2.04. The molecule has 0 spiro atoms.